The second kappa shape index (κ2) is 7.66. The van der Waals surface area contributed by atoms with Gasteiger partial charge in [0, 0.05) is 31.9 Å². The van der Waals surface area contributed by atoms with Crippen LogP contribution in [0, 0.1) is 0 Å². The third kappa shape index (κ3) is 3.66. The van der Waals surface area contributed by atoms with E-state index in [1.807, 2.05) is 30.3 Å². The number of carbonyl (C=O) groups is 1. The number of anilines is 1. The predicted molar refractivity (Wildman–Crippen MR) is 108 cm³/mol. The number of hydrogen-bond acceptors (Lipinski definition) is 6. The molecule has 1 aromatic carbocycles. The summed E-state index contributed by atoms with van der Waals surface area (Å²) in [5.74, 6) is -1.02. The molecular weight excluding hydrogens is 425 g/mol. The number of nitrogens with zero attached hydrogens (tertiary/aromatic N) is 6. The van der Waals surface area contributed by atoms with Gasteiger partial charge in [-0.05, 0) is 30.3 Å². The van der Waals surface area contributed by atoms with Crippen LogP contribution in [0.25, 0.3) is 17.2 Å². The van der Waals surface area contributed by atoms with Crippen molar-refractivity contribution < 1.29 is 22.4 Å². The van der Waals surface area contributed by atoms with E-state index < -0.39 is 17.8 Å². The van der Waals surface area contributed by atoms with Gasteiger partial charge in [-0.15, -0.1) is 5.10 Å². The number of alkyl halides is 3. The molecule has 4 heterocycles. The van der Waals surface area contributed by atoms with Gasteiger partial charge in [0.05, 0.1) is 6.26 Å². The highest BCUT2D eigenvalue weighted by atomic mass is 19.4. The molecule has 0 atom stereocenters. The van der Waals surface area contributed by atoms with E-state index in [1.54, 1.807) is 6.07 Å². The van der Waals surface area contributed by atoms with Crippen LogP contribution in [-0.4, -0.2) is 56.6 Å². The molecule has 5 rings (SSSR count). The number of amides is 1. The van der Waals surface area contributed by atoms with Crippen LogP contribution < -0.4 is 4.90 Å². The Hall–Kier alpha value is -3.89. The molecule has 8 nitrogen and oxygen atoms in total. The van der Waals surface area contributed by atoms with Crippen LogP contribution in [0.4, 0.5) is 18.9 Å². The first kappa shape index (κ1) is 20.0. The molecule has 1 aliphatic heterocycles. The first-order valence-corrected chi connectivity index (χ1v) is 9.88. The number of para-hydroxylation sites is 1. The third-order valence-corrected chi connectivity index (χ3v) is 5.26. The zero-order valence-corrected chi connectivity index (χ0v) is 16.7. The van der Waals surface area contributed by atoms with Gasteiger partial charge in [-0.3, -0.25) is 4.79 Å². The highest BCUT2D eigenvalue weighted by Gasteiger charge is 2.37. The molecule has 11 heteroatoms. The summed E-state index contributed by atoms with van der Waals surface area (Å²) in [5.41, 5.74) is -0.0815. The van der Waals surface area contributed by atoms with Crippen LogP contribution in [0.5, 0.6) is 0 Å². The number of fused-ring (bicyclic) bond motifs is 1. The van der Waals surface area contributed by atoms with Crippen molar-refractivity contribution >= 4 is 17.4 Å². The Kier molecular flexibility index (Phi) is 4.80. The van der Waals surface area contributed by atoms with Gasteiger partial charge < -0.3 is 14.2 Å². The molecule has 0 spiro atoms. The summed E-state index contributed by atoms with van der Waals surface area (Å²) in [7, 11) is 0. The van der Waals surface area contributed by atoms with Gasteiger partial charge >= 0.3 is 6.18 Å². The third-order valence-electron chi connectivity index (χ3n) is 5.26. The van der Waals surface area contributed by atoms with Crippen molar-refractivity contribution in [3.63, 3.8) is 0 Å². The second-order valence-corrected chi connectivity index (χ2v) is 7.26. The minimum Gasteiger partial charge on any atom is -0.463 e. The molecule has 0 bridgehead atoms. The van der Waals surface area contributed by atoms with E-state index in [4.69, 9.17) is 4.42 Å². The number of halogens is 3. The van der Waals surface area contributed by atoms with Crippen molar-refractivity contribution in [3.05, 3.63) is 66.3 Å². The summed E-state index contributed by atoms with van der Waals surface area (Å²) < 4.78 is 46.7. The van der Waals surface area contributed by atoms with E-state index in [-0.39, 0.29) is 23.1 Å². The number of benzene rings is 1. The number of aromatic nitrogens is 4. The molecule has 1 aliphatic rings. The molecule has 32 heavy (non-hydrogen) atoms. The van der Waals surface area contributed by atoms with Crippen LogP contribution in [0.2, 0.25) is 0 Å². The van der Waals surface area contributed by atoms with Gasteiger partial charge in [0.1, 0.15) is 5.69 Å². The SMILES string of the molecule is O=C(c1nc2nc(-c3ccco3)cc(C(F)(F)F)n2n1)N1CCN(c2ccccc2)CC1. The van der Waals surface area contributed by atoms with E-state index in [0.29, 0.717) is 30.7 Å². The fourth-order valence-corrected chi connectivity index (χ4v) is 3.66. The van der Waals surface area contributed by atoms with Crippen LogP contribution >= 0.6 is 0 Å². The monoisotopic (exact) mass is 442 g/mol. The normalized spacial score (nSPS) is 14.8. The Balaban J connectivity index is 1.43. The molecule has 0 N–H and O–H groups in total. The Labute approximate surface area is 179 Å². The maximum Gasteiger partial charge on any atom is 0.433 e. The smallest absolute Gasteiger partial charge is 0.433 e. The lowest BCUT2D eigenvalue weighted by Gasteiger charge is -2.35. The summed E-state index contributed by atoms with van der Waals surface area (Å²) in [6.45, 7) is 2.00. The zero-order chi connectivity index (χ0) is 22.3. The Morgan fingerprint density at radius 3 is 2.38 bits per heavy atom. The Bertz CT molecular complexity index is 1250. The van der Waals surface area contributed by atoms with Crippen LogP contribution in [0.1, 0.15) is 16.3 Å². The lowest BCUT2D eigenvalue weighted by Crippen LogP contribution is -2.49. The molecule has 0 aliphatic carbocycles. The summed E-state index contributed by atoms with van der Waals surface area (Å²) in [6, 6.07) is 13.7. The second-order valence-electron chi connectivity index (χ2n) is 7.26. The van der Waals surface area contributed by atoms with Crippen molar-refractivity contribution in [1.82, 2.24) is 24.5 Å². The van der Waals surface area contributed by atoms with Crippen LogP contribution in [0.3, 0.4) is 0 Å². The van der Waals surface area contributed by atoms with Gasteiger partial charge in [0.15, 0.2) is 11.5 Å². The van der Waals surface area contributed by atoms with Crippen molar-refractivity contribution in [3.8, 4) is 11.5 Å². The molecule has 4 aromatic rings. The number of hydrogen-bond donors (Lipinski definition) is 0. The molecule has 0 saturated carbocycles. The summed E-state index contributed by atoms with van der Waals surface area (Å²) in [6.07, 6.45) is -3.39. The number of furan rings is 1. The van der Waals surface area contributed by atoms with Crippen molar-refractivity contribution in [1.29, 1.82) is 0 Å². The topological polar surface area (TPSA) is 79.8 Å². The summed E-state index contributed by atoms with van der Waals surface area (Å²) in [5, 5.41) is 3.84. The minimum absolute atomic E-state index is 0.0438. The molecule has 164 valence electrons. The molecule has 1 amide bonds. The lowest BCUT2D eigenvalue weighted by atomic mass is 10.2. The van der Waals surface area contributed by atoms with Crippen molar-refractivity contribution in [2.45, 2.75) is 6.18 Å². The van der Waals surface area contributed by atoms with Crippen LogP contribution in [0.15, 0.2) is 59.2 Å². The van der Waals surface area contributed by atoms with Gasteiger partial charge in [0.2, 0.25) is 5.82 Å². The molecule has 0 unspecified atom stereocenters. The fourth-order valence-electron chi connectivity index (χ4n) is 3.66. The largest absolute Gasteiger partial charge is 0.463 e. The molecule has 1 saturated heterocycles. The first-order valence-electron chi connectivity index (χ1n) is 9.88. The van der Waals surface area contributed by atoms with Gasteiger partial charge in [0.25, 0.3) is 11.7 Å². The summed E-state index contributed by atoms with van der Waals surface area (Å²) >= 11 is 0. The van der Waals surface area contributed by atoms with Gasteiger partial charge in [-0.1, -0.05) is 18.2 Å². The minimum atomic E-state index is -4.72. The van der Waals surface area contributed by atoms with E-state index in [2.05, 4.69) is 20.0 Å². The number of rotatable bonds is 3. The van der Waals surface area contributed by atoms with E-state index in [1.165, 1.54) is 17.2 Å². The van der Waals surface area contributed by atoms with Gasteiger partial charge in [-0.25, -0.2) is 4.98 Å². The average molecular weight is 442 g/mol. The predicted octanol–water partition coefficient (Wildman–Crippen LogP) is 3.37. The Morgan fingerprint density at radius 1 is 0.969 bits per heavy atom. The molecular formula is C21H17F3N6O2. The highest BCUT2D eigenvalue weighted by molar-refractivity contribution is 5.91. The van der Waals surface area contributed by atoms with Gasteiger partial charge in [-0.2, -0.15) is 22.7 Å². The molecule has 0 radical (unpaired) electrons. The van der Waals surface area contributed by atoms with E-state index in [9.17, 15) is 18.0 Å². The van der Waals surface area contributed by atoms with E-state index >= 15 is 0 Å². The first-order chi connectivity index (χ1) is 15.4. The maximum absolute atomic E-state index is 13.7. The quantitative estimate of drug-likeness (QED) is 0.484. The highest BCUT2D eigenvalue weighted by Crippen LogP contribution is 2.32. The van der Waals surface area contributed by atoms with Crippen LogP contribution in [-0.2, 0) is 6.18 Å². The zero-order valence-electron chi connectivity index (χ0n) is 16.7. The van der Waals surface area contributed by atoms with Crippen molar-refractivity contribution in [2.75, 3.05) is 31.1 Å². The standard InChI is InChI=1S/C21H17F3N6O2/c22-21(23,24)17-13-15(16-7-4-12-32-16)25-20-26-18(27-30(17)20)19(31)29-10-8-28(9-11-29)14-5-2-1-3-6-14/h1-7,12-13H,8-11H2. The average Bonchev–Trinajstić information content (AvgIpc) is 3.48. The maximum atomic E-state index is 13.7. The molecule has 1 fully saturated rings. The van der Waals surface area contributed by atoms with Crippen molar-refractivity contribution in [2.24, 2.45) is 0 Å². The lowest BCUT2D eigenvalue weighted by molar-refractivity contribution is -0.142. The fraction of sp³-hybridized carbons (Fsp3) is 0.238. The Morgan fingerprint density at radius 2 is 1.72 bits per heavy atom. The van der Waals surface area contributed by atoms with E-state index in [0.717, 1.165) is 11.8 Å². The molecule has 3 aromatic heterocycles. The number of carbonyl (C=O) groups excluding carboxylic acids is 1. The summed E-state index contributed by atoms with van der Waals surface area (Å²) in [4.78, 5) is 24.7. The number of piperazine rings is 1.